The molecular formula is C47H34N4. The third-order valence-electron chi connectivity index (χ3n) is 10.5. The van der Waals surface area contributed by atoms with Gasteiger partial charge in [0.15, 0.2) is 17.5 Å². The summed E-state index contributed by atoms with van der Waals surface area (Å²) >= 11 is 0. The first-order chi connectivity index (χ1) is 25.2. The van der Waals surface area contributed by atoms with Crippen LogP contribution >= 0.6 is 0 Å². The maximum atomic E-state index is 5.31. The molecule has 0 fully saturated rings. The molecule has 0 N–H and O–H groups in total. The SMILES string of the molecule is CC1C=Cc2cc(-c3ccc(-c4nc(-c5cc6c(c7ccccc57)C=CCC6)nc(-c5cc6ccccc6c6ccccc56)n4)cc3)cnc2C1. The smallest absolute Gasteiger partial charge is 0.164 e. The van der Waals surface area contributed by atoms with E-state index in [1.54, 1.807) is 0 Å². The number of hydrogen-bond donors (Lipinski definition) is 0. The fourth-order valence-corrected chi connectivity index (χ4v) is 7.90. The lowest BCUT2D eigenvalue weighted by molar-refractivity contribution is 0.699. The standard InChI is InChI=1S/C47H34N4/c1-29-18-19-34-25-35(28-48-44(34)24-29)30-20-22-31(23-21-30)45-49-46(42-26-32-10-2-4-12-36(32)38-14-6-8-16-40(38)42)51-47(50-45)43-27-33-11-3-5-13-37(33)39-15-7-9-17-41(39)43/h2,4-10,12-23,25-29H,3,11,24H2,1H3. The average molecular weight is 655 g/mol. The van der Waals surface area contributed by atoms with E-state index in [0.717, 1.165) is 63.2 Å². The van der Waals surface area contributed by atoms with Crippen LogP contribution < -0.4 is 0 Å². The number of allylic oxidation sites excluding steroid dienone is 2. The van der Waals surface area contributed by atoms with E-state index in [9.17, 15) is 0 Å². The number of fused-ring (bicyclic) bond motifs is 7. The monoisotopic (exact) mass is 654 g/mol. The summed E-state index contributed by atoms with van der Waals surface area (Å²) < 4.78 is 0. The molecule has 2 aromatic heterocycles. The zero-order chi connectivity index (χ0) is 33.9. The Balaban J connectivity index is 1.17. The fourth-order valence-electron chi connectivity index (χ4n) is 7.90. The Bertz CT molecular complexity index is 2740. The van der Waals surface area contributed by atoms with Crippen molar-refractivity contribution in [1.82, 2.24) is 19.9 Å². The average Bonchev–Trinajstić information content (AvgIpc) is 3.20. The number of hydrogen-bond acceptors (Lipinski definition) is 4. The molecule has 4 heteroatoms. The van der Waals surface area contributed by atoms with Crippen LogP contribution in [0.15, 0.2) is 134 Å². The van der Waals surface area contributed by atoms with Gasteiger partial charge in [0.1, 0.15) is 0 Å². The van der Waals surface area contributed by atoms with Crippen molar-refractivity contribution in [1.29, 1.82) is 0 Å². The van der Waals surface area contributed by atoms with Gasteiger partial charge in [0.25, 0.3) is 0 Å². The molecule has 6 aromatic carbocycles. The Morgan fingerprint density at radius 3 is 2.02 bits per heavy atom. The van der Waals surface area contributed by atoms with Gasteiger partial charge in [0, 0.05) is 34.1 Å². The molecule has 8 aromatic rings. The van der Waals surface area contributed by atoms with E-state index in [2.05, 4.69) is 146 Å². The summed E-state index contributed by atoms with van der Waals surface area (Å²) in [6.07, 6.45) is 14.0. The second-order valence-electron chi connectivity index (χ2n) is 13.9. The second kappa shape index (κ2) is 12.0. The minimum Gasteiger partial charge on any atom is -0.260 e. The number of aromatic nitrogens is 4. The lowest BCUT2D eigenvalue weighted by Crippen LogP contribution is -2.05. The maximum absolute atomic E-state index is 5.31. The Morgan fingerprint density at radius 2 is 1.22 bits per heavy atom. The topological polar surface area (TPSA) is 51.6 Å². The molecule has 51 heavy (non-hydrogen) atoms. The van der Waals surface area contributed by atoms with E-state index in [1.165, 1.54) is 38.5 Å². The van der Waals surface area contributed by atoms with E-state index >= 15 is 0 Å². The molecule has 2 heterocycles. The molecule has 0 saturated carbocycles. The van der Waals surface area contributed by atoms with Crippen LogP contribution in [0.3, 0.4) is 0 Å². The highest BCUT2D eigenvalue weighted by atomic mass is 15.0. The third kappa shape index (κ3) is 5.14. The van der Waals surface area contributed by atoms with Gasteiger partial charge in [0.05, 0.1) is 0 Å². The lowest BCUT2D eigenvalue weighted by atomic mass is 9.89. The molecule has 0 saturated heterocycles. The van der Waals surface area contributed by atoms with E-state index in [0.29, 0.717) is 23.4 Å². The summed E-state index contributed by atoms with van der Waals surface area (Å²) in [4.78, 5) is 20.6. The molecule has 0 amide bonds. The molecule has 0 bridgehead atoms. The van der Waals surface area contributed by atoms with Gasteiger partial charge >= 0.3 is 0 Å². The highest BCUT2D eigenvalue weighted by Crippen LogP contribution is 2.38. The zero-order valence-electron chi connectivity index (χ0n) is 28.3. The van der Waals surface area contributed by atoms with E-state index in [-0.39, 0.29) is 0 Å². The lowest BCUT2D eigenvalue weighted by Gasteiger charge is -2.18. The van der Waals surface area contributed by atoms with Crippen molar-refractivity contribution >= 4 is 44.5 Å². The molecular weight excluding hydrogens is 621 g/mol. The van der Waals surface area contributed by atoms with Gasteiger partial charge in [-0.1, -0.05) is 128 Å². The van der Waals surface area contributed by atoms with Crippen molar-refractivity contribution in [3.8, 4) is 45.3 Å². The first-order valence-corrected chi connectivity index (χ1v) is 17.8. The summed E-state index contributed by atoms with van der Waals surface area (Å²) in [6, 6.07) is 41.1. The quantitative estimate of drug-likeness (QED) is 0.177. The van der Waals surface area contributed by atoms with Crippen LogP contribution in [0.2, 0.25) is 0 Å². The van der Waals surface area contributed by atoms with Gasteiger partial charge in [-0.05, 0) is 98.0 Å². The van der Waals surface area contributed by atoms with Crippen molar-refractivity contribution < 1.29 is 0 Å². The maximum Gasteiger partial charge on any atom is 0.164 e. The van der Waals surface area contributed by atoms with Crippen molar-refractivity contribution in [2.45, 2.75) is 26.2 Å². The Kier molecular flexibility index (Phi) is 6.95. The van der Waals surface area contributed by atoms with E-state index < -0.39 is 0 Å². The van der Waals surface area contributed by atoms with Crippen molar-refractivity contribution in [2.75, 3.05) is 0 Å². The van der Waals surface area contributed by atoms with E-state index in [1.807, 2.05) is 6.20 Å². The van der Waals surface area contributed by atoms with Crippen molar-refractivity contribution in [3.05, 3.63) is 156 Å². The predicted octanol–water partition coefficient (Wildman–Crippen LogP) is 11.6. The summed E-state index contributed by atoms with van der Waals surface area (Å²) in [6.45, 7) is 2.24. The Morgan fingerprint density at radius 1 is 0.569 bits per heavy atom. The number of nitrogens with zero attached hydrogens (tertiary/aromatic N) is 4. The minimum atomic E-state index is 0.522. The fraction of sp³-hybridized carbons (Fsp3) is 0.106. The van der Waals surface area contributed by atoms with Crippen LogP contribution in [0.4, 0.5) is 0 Å². The zero-order valence-corrected chi connectivity index (χ0v) is 28.3. The van der Waals surface area contributed by atoms with Crippen LogP contribution in [0.1, 0.15) is 35.7 Å². The first kappa shape index (κ1) is 29.6. The molecule has 0 radical (unpaired) electrons. The number of aryl methyl sites for hydroxylation is 1. The summed E-state index contributed by atoms with van der Waals surface area (Å²) in [5.74, 6) is 2.53. The second-order valence-corrected chi connectivity index (χ2v) is 13.9. The molecule has 10 rings (SSSR count). The molecule has 1 unspecified atom stereocenters. The van der Waals surface area contributed by atoms with Crippen LogP contribution in [-0.4, -0.2) is 19.9 Å². The van der Waals surface area contributed by atoms with Gasteiger partial charge in [-0.15, -0.1) is 0 Å². The van der Waals surface area contributed by atoms with Crippen molar-refractivity contribution in [3.63, 3.8) is 0 Å². The summed E-state index contributed by atoms with van der Waals surface area (Å²) in [7, 11) is 0. The van der Waals surface area contributed by atoms with Gasteiger partial charge in [-0.3, -0.25) is 4.98 Å². The molecule has 0 spiro atoms. The predicted molar refractivity (Wildman–Crippen MR) is 211 cm³/mol. The Labute approximate surface area is 296 Å². The molecule has 4 nitrogen and oxygen atoms in total. The summed E-state index contributed by atoms with van der Waals surface area (Å²) in [5.41, 5.74) is 10.2. The van der Waals surface area contributed by atoms with Crippen LogP contribution in [0.25, 0.3) is 89.8 Å². The number of pyridine rings is 1. The van der Waals surface area contributed by atoms with Crippen molar-refractivity contribution in [2.24, 2.45) is 5.92 Å². The van der Waals surface area contributed by atoms with Gasteiger partial charge in [0.2, 0.25) is 0 Å². The first-order valence-electron chi connectivity index (χ1n) is 17.8. The minimum absolute atomic E-state index is 0.522. The molecule has 1 atom stereocenters. The van der Waals surface area contributed by atoms with E-state index in [4.69, 9.17) is 19.9 Å². The normalized spacial score (nSPS) is 15.0. The number of rotatable bonds is 4. The van der Waals surface area contributed by atoms with Gasteiger partial charge < -0.3 is 0 Å². The molecule has 2 aliphatic rings. The van der Waals surface area contributed by atoms with Crippen LogP contribution in [0, 0.1) is 5.92 Å². The highest BCUT2D eigenvalue weighted by Gasteiger charge is 2.20. The van der Waals surface area contributed by atoms with Crippen LogP contribution in [0.5, 0.6) is 0 Å². The van der Waals surface area contributed by atoms with Gasteiger partial charge in [-0.2, -0.15) is 0 Å². The van der Waals surface area contributed by atoms with Crippen LogP contribution in [-0.2, 0) is 12.8 Å². The third-order valence-corrected chi connectivity index (χ3v) is 10.5. The molecule has 0 aliphatic heterocycles. The summed E-state index contributed by atoms with van der Waals surface area (Å²) in [5, 5.41) is 7.07. The Hall–Kier alpha value is -6.26. The molecule has 242 valence electrons. The van der Waals surface area contributed by atoms with Gasteiger partial charge in [-0.25, -0.2) is 15.0 Å². The highest BCUT2D eigenvalue weighted by molar-refractivity contribution is 6.13. The molecule has 2 aliphatic carbocycles. The largest absolute Gasteiger partial charge is 0.260 e. The number of benzene rings is 6.